The Kier molecular flexibility index (Phi) is 5.30. The van der Waals surface area contributed by atoms with Crippen molar-refractivity contribution in [2.24, 2.45) is 10.3 Å². The summed E-state index contributed by atoms with van der Waals surface area (Å²) in [5.74, 6) is 0.410. The minimum atomic E-state index is -3.84. The Balaban J connectivity index is 1.99. The largest absolute Gasteiger partial charge is 0.328 e. The highest BCUT2D eigenvalue weighted by Crippen LogP contribution is 2.33. The minimum Gasteiger partial charge on any atom is -0.328 e. The molecule has 0 radical (unpaired) electrons. The summed E-state index contributed by atoms with van der Waals surface area (Å²) in [5.41, 5.74) is 3.59. The van der Waals surface area contributed by atoms with E-state index < -0.39 is 10.0 Å². The van der Waals surface area contributed by atoms with E-state index in [1.54, 1.807) is 19.1 Å². The molecule has 0 saturated heterocycles. The van der Waals surface area contributed by atoms with Gasteiger partial charge in [0.25, 0.3) is 15.9 Å². The van der Waals surface area contributed by atoms with Gasteiger partial charge in [0.05, 0.1) is 5.69 Å². The number of hydrogen-bond acceptors (Lipinski definition) is 4. The first-order valence-corrected chi connectivity index (χ1v) is 10.6. The highest BCUT2D eigenvalue weighted by molar-refractivity contribution is 7.90. The molecule has 1 aliphatic heterocycles. The fraction of sp³-hybridized carbons (Fsp3) is 0.333. The number of carbonyl (C=O) groups excluding carboxylic acids is 1. The van der Waals surface area contributed by atoms with Gasteiger partial charge < -0.3 is 10.2 Å². The molecule has 148 valence electrons. The molecule has 0 saturated carbocycles. The van der Waals surface area contributed by atoms with Crippen molar-refractivity contribution < 1.29 is 13.2 Å². The van der Waals surface area contributed by atoms with Crippen LogP contribution in [-0.4, -0.2) is 26.7 Å². The molecule has 0 aromatic heterocycles. The molecule has 0 spiro atoms. The van der Waals surface area contributed by atoms with Crippen LogP contribution in [0.15, 0.2) is 45.7 Å². The van der Waals surface area contributed by atoms with Crippen LogP contribution in [0, 0.1) is 19.8 Å². The number of fused-ring (bicyclic) bond motifs is 1. The SMILES string of the molecule is CC1=NS(=O)(=O)c2cc(C(=O)Nc3cccc(C)c3C)ccc2N1CC(C)C. The summed E-state index contributed by atoms with van der Waals surface area (Å²) in [5, 5.41) is 2.87. The Morgan fingerprint density at radius 2 is 1.86 bits per heavy atom. The van der Waals surface area contributed by atoms with Crippen LogP contribution in [0.4, 0.5) is 11.4 Å². The van der Waals surface area contributed by atoms with E-state index in [4.69, 9.17) is 0 Å². The lowest BCUT2D eigenvalue weighted by Gasteiger charge is -2.30. The molecule has 7 heteroatoms. The van der Waals surface area contributed by atoms with Gasteiger partial charge in [-0.2, -0.15) is 8.42 Å². The normalized spacial score (nSPS) is 15.2. The van der Waals surface area contributed by atoms with Crippen LogP contribution in [0.1, 0.15) is 42.3 Å². The van der Waals surface area contributed by atoms with Crippen LogP contribution in [-0.2, 0) is 10.0 Å². The van der Waals surface area contributed by atoms with E-state index in [0.717, 1.165) is 11.1 Å². The Morgan fingerprint density at radius 3 is 2.54 bits per heavy atom. The van der Waals surface area contributed by atoms with Crippen LogP contribution in [0.25, 0.3) is 0 Å². The predicted molar refractivity (Wildman–Crippen MR) is 113 cm³/mol. The highest BCUT2D eigenvalue weighted by Gasteiger charge is 2.30. The van der Waals surface area contributed by atoms with Crippen molar-refractivity contribution in [1.29, 1.82) is 0 Å². The summed E-state index contributed by atoms with van der Waals surface area (Å²) in [6, 6.07) is 10.4. The van der Waals surface area contributed by atoms with Crippen LogP contribution < -0.4 is 10.2 Å². The molecule has 1 aliphatic rings. The van der Waals surface area contributed by atoms with Gasteiger partial charge in [0.2, 0.25) is 0 Å². The summed E-state index contributed by atoms with van der Waals surface area (Å²) < 4.78 is 29.1. The Bertz CT molecular complexity index is 1070. The number of amides is 1. The number of nitrogens with zero attached hydrogens (tertiary/aromatic N) is 2. The van der Waals surface area contributed by atoms with Crippen molar-refractivity contribution in [2.75, 3.05) is 16.8 Å². The monoisotopic (exact) mass is 399 g/mol. The third-order valence-electron chi connectivity index (χ3n) is 4.83. The first-order valence-electron chi connectivity index (χ1n) is 9.21. The van der Waals surface area contributed by atoms with E-state index in [9.17, 15) is 13.2 Å². The van der Waals surface area contributed by atoms with Gasteiger partial charge in [-0.25, -0.2) is 0 Å². The summed E-state index contributed by atoms with van der Waals surface area (Å²) in [6.07, 6.45) is 0. The molecule has 0 atom stereocenters. The molecular weight excluding hydrogens is 374 g/mol. The van der Waals surface area contributed by atoms with Gasteiger partial charge >= 0.3 is 0 Å². The van der Waals surface area contributed by atoms with Gasteiger partial charge in [0.15, 0.2) is 0 Å². The summed E-state index contributed by atoms with van der Waals surface area (Å²) in [7, 11) is -3.84. The second-order valence-corrected chi connectivity index (χ2v) is 9.07. The van der Waals surface area contributed by atoms with Crippen molar-refractivity contribution in [3.8, 4) is 0 Å². The predicted octanol–water partition coefficient (Wildman–Crippen LogP) is 4.14. The maximum Gasteiger partial charge on any atom is 0.286 e. The van der Waals surface area contributed by atoms with Crippen molar-refractivity contribution >= 4 is 33.1 Å². The molecule has 1 heterocycles. The number of rotatable bonds is 4. The van der Waals surface area contributed by atoms with Crippen molar-refractivity contribution in [1.82, 2.24) is 0 Å². The molecule has 0 unspecified atom stereocenters. The van der Waals surface area contributed by atoms with E-state index in [0.29, 0.717) is 29.7 Å². The molecule has 28 heavy (non-hydrogen) atoms. The van der Waals surface area contributed by atoms with E-state index in [2.05, 4.69) is 23.6 Å². The summed E-state index contributed by atoms with van der Waals surface area (Å²) in [6.45, 7) is 10.4. The topological polar surface area (TPSA) is 78.8 Å². The molecular formula is C21H25N3O3S. The number of amidine groups is 1. The third-order valence-corrected chi connectivity index (χ3v) is 6.22. The third kappa shape index (κ3) is 3.80. The zero-order valence-corrected chi connectivity index (χ0v) is 17.6. The number of sulfonamides is 1. The molecule has 3 rings (SSSR count). The Hall–Kier alpha value is -2.67. The van der Waals surface area contributed by atoms with Gasteiger partial charge in [0.1, 0.15) is 10.7 Å². The average Bonchev–Trinajstić information content (AvgIpc) is 2.61. The second kappa shape index (κ2) is 7.39. The standard InChI is InChI=1S/C21H25N3O3S/c1-13(2)12-24-16(5)23-28(26,27)20-11-17(9-10-19(20)24)21(25)22-18-8-6-7-14(3)15(18)4/h6-11,13H,12H2,1-5H3,(H,22,25). The van der Waals surface area contributed by atoms with Gasteiger partial charge in [-0.05, 0) is 62.1 Å². The Labute approximate surface area is 166 Å². The zero-order chi connectivity index (χ0) is 20.6. The number of carbonyl (C=O) groups is 1. The fourth-order valence-corrected chi connectivity index (χ4v) is 4.47. The molecule has 2 aromatic carbocycles. The summed E-state index contributed by atoms with van der Waals surface area (Å²) in [4.78, 5) is 14.7. The van der Waals surface area contributed by atoms with Crippen LogP contribution in [0.5, 0.6) is 0 Å². The first-order chi connectivity index (χ1) is 13.1. The van der Waals surface area contributed by atoms with Gasteiger partial charge in [0, 0.05) is 17.8 Å². The molecule has 1 N–H and O–H groups in total. The van der Waals surface area contributed by atoms with Gasteiger partial charge in [-0.1, -0.05) is 26.0 Å². The van der Waals surface area contributed by atoms with E-state index >= 15 is 0 Å². The van der Waals surface area contributed by atoms with Crippen LogP contribution in [0.3, 0.4) is 0 Å². The summed E-state index contributed by atoms with van der Waals surface area (Å²) >= 11 is 0. The average molecular weight is 400 g/mol. The van der Waals surface area contributed by atoms with Crippen molar-refractivity contribution in [2.45, 2.75) is 39.5 Å². The number of hydrogen-bond donors (Lipinski definition) is 1. The molecule has 0 aliphatic carbocycles. The van der Waals surface area contributed by atoms with Gasteiger partial charge in [-0.3, -0.25) is 4.79 Å². The quantitative estimate of drug-likeness (QED) is 0.838. The molecule has 1 amide bonds. The molecule has 6 nitrogen and oxygen atoms in total. The van der Waals surface area contributed by atoms with Crippen molar-refractivity contribution in [3.63, 3.8) is 0 Å². The maximum absolute atomic E-state index is 12.7. The maximum atomic E-state index is 12.7. The first kappa shape index (κ1) is 20.1. The number of benzene rings is 2. The van der Waals surface area contributed by atoms with Crippen LogP contribution in [0.2, 0.25) is 0 Å². The second-order valence-electron chi connectivity index (χ2n) is 7.50. The lowest BCUT2D eigenvalue weighted by molar-refractivity contribution is 0.102. The minimum absolute atomic E-state index is 0.0624. The Morgan fingerprint density at radius 1 is 1.14 bits per heavy atom. The number of nitrogens with one attached hydrogen (secondary N) is 1. The van der Waals surface area contributed by atoms with E-state index in [1.807, 2.05) is 36.9 Å². The molecule has 2 aromatic rings. The van der Waals surface area contributed by atoms with E-state index in [-0.39, 0.29) is 16.4 Å². The van der Waals surface area contributed by atoms with E-state index in [1.165, 1.54) is 6.07 Å². The van der Waals surface area contributed by atoms with Gasteiger partial charge in [-0.15, -0.1) is 4.40 Å². The highest BCUT2D eigenvalue weighted by atomic mass is 32.2. The molecule has 0 bridgehead atoms. The lowest BCUT2D eigenvalue weighted by Crippen LogP contribution is -2.36. The lowest BCUT2D eigenvalue weighted by atomic mass is 10.1. The fourth-order valence-electron chi connectivity index (χ4n) is 3.21. The van der Waals surface area contributed by atoms with Crippen molar-refractivity contribution in [3.05, 3.63) is 53.1 Å². The van der Waals surface area contributed by atoms with Crippen LogP contribution >= 0.6 is 0 Å². The number of anilines is 2. The molecule has 0 fully saturated rings. The smallest absolute Gasteiger partial charge is 0.286 e. The zero-order valence-electron chi connectivity index (χ0n) is 16.8. The number of aryl methyl sites for hydroxylation is 1.